The first-order chi connectivity index (χ1) is 13.3. The fourth-order valence-electron chi connectivity index (χ4n) is 4.27. The molecule has 138 valence electrons. The van der Waals surface area contributed by atoms with Crippen molar-refractivity contribution in [2.75, 3.05) is 18.4 Å². The summed E-state index contributed by atoms with van der Waals surface area (Å²) in [4.78, 5) is 15.1. The van der Waals surface area contributed by atoms with E-state index >= 15 is 0 Å². The zero-order valence-electron chi connectivity index (χ0n) is 14.9. The van der Waals surface area contributed by atoms with Crippen molar-refractivity contribution in [2.24, 2.45) is 11.8 Å². The Bertz CT molecular complexity index is 935. The summed E-state index contributed by atoms with van der Waals surface area (Å²) in [6, 6.07) is 11.5. The first-order valence-corrected chi connectivity index (χ1v) is 9.28. The Morgan fingerprint density at radius 2 is 1.96 bits per heavy atom. The smallest absolute Gasteiger partial charge is 0.293 e. The van der Waals surface area contributed by atoms with Gasteiger partial charge in [0.25, 0.3) is 5.91 Å². The van der Waals surface area contributed by atoms with Crippen LogP contribution in [0, 0.1) is 11.8 Å². The molecular formula is C20H21N5O2. The Kier molecular flexibility index (Phi) is 4.01. The predicted molar refractivity (Wildman–Crippen MR) is 99.1 cm³/mol. The highest BCUT2D eigenvalue weighted by Gasteiger charge is 2.39. The molecular weight excluding hydrogens is 342 g/mol. The van der Waals surface area contributed by atoms with Crippen LogP contribution in [0.25, 0.3) is 0 Å². The van der Waals surface area contributed by atoms with Crippen LogP contribution in [0.15, 0.2) is 53.3 Å². The van der Waals surface area contributed by atoms with E-state index in [1.807, 2.05) is 47.2 Å². The van der Waals surface area contributed by atoms with Gasteiger partial charge >= 0.3 is 0 Å². The number of nitrogens with zero attached hydrogens (tertiary/aromatic N) is 4. The van der Waals surface area contributed by atoms with E-state index in [9.17, 15) is 4.79 Å². The second kappa shape index (κ2) is 6.66. The van der Waals surface area contributed by atoms with Gasteiger partial charge in [0, 0.05) is 43.9 Å². The molecule has 7 nitrogen and oxygen atoms in total. The van der Waals surface area contributed by atoms with Crippen LogP contribution in [0.3, 0.4) is 0 Å². The fourth-order valence-corrected chi connectivity index (χ4v) is 4.27. The average Bonchev–Trinajstić information content (AvgIpc) is 3.40. The molecule has 2 atom stereocenters. The Hall–Kier alpha value is -2.93. The Morgan fingerprint density at radius 1 is 1.11 bits per heavy atom. The van der Waals surface area contributed by atoms with Crippen molar-refractivity contribution in [1.82, 2.24) is 19.7 Å². The largest absolute Gasteiger partial charge is 0.472 e. The maximum Gasteiger partial charge on any atom is 0.293 e. The van der Waals surface area contributed by atoms with E-state index in [2.05, 4.69) is 20.4 Å². The van der Waals surface area contributed by atoms with Crippen molar-refractivity contribution in [3.8, 4) is 0 Å². The summed E-state index contributed by atoms with van der Waals surface area (Å²) in [5.74, 6) is 2.20. The van der Waals surface area contributed by atoms with Crippen LogP contribution in [-0.2, 0) is 19.5 Å². The number of rotatable bonds is 4. The van der Waals surface area contributed by atoms with Gasteiger partial charge in [-0.3, -0.25) is 9.69 Å². The minimum Gasteiger partial charge on any atom is -0.472 e. The number of furan rings is 1. The SMILES string of the molecule is O=C(Nc1ccccc1)c1nnc2n1C[C@H]1CN(Cc3ccoc3)C[C@@H]1C2. The van der Waals surface area contributed by atoms with Crippen molar-refractivity contribution in [1.29, 1.82) is 0 Å². The van der Waals surface area contributed by atoms with Crippen molar-refractivity contribution < 1.29 is 9.21 Å². The quantitative estimate of drug-likeness (QED) is 0.770. The molecule has 1 saturated heterocycles. The summed E-state index contributed by atoms with van der Waals surface area (Å²) >= 11 is 0. The summed E-state index contributed by atoms with van der Waals surface area (Å²) in [5.41, 5.74) is 1.97. The summed E-state index contributed by atoms with van der Waals surface area (Å²) in [6.07, 6.45) is 4.40. The standard InChI is InChI=1S/C20H21N5O2/c26-20(21-17-4-2-1-3-5-17)19-23-22-18-8-15-10-24(9-14-6-7-27-13-14)11-16(15)12-25(18)19/h1-7,13,15-16H,8-12H2,(H,21,26)/t15-,16+/m0/s1. The first kappa shape index (κ1) is 16.3. The van der Waals surface area contributed by atoms with E-state index in [1.165, 1.54) is 5.56 Å². The van der Waals surface area contributed by atoms with E-state index in [0.29, 0.717) is 17.7 Å². The maximum atomic E-state index is 12.7. The van der Waals surface area contributed by atoms with Crippen molar-refractivity contribution in [3.05, 3.63) is 66.1 Å². The molecule has 4 heterocycles. The van der Waals surface area contributed by atoms with Crippen LogP contribution in [0.5, 0.6) is 0 Å². The number of anilines is 1. The number of benzene rings is 1. The van der Waals surface area contributed by atoms with Gasteiger partial charge in [0.2, 0.25) is 5.82 Å². The molecule has 2 aliphatic heterocycles. The zero-order chi connectivity index (χ0) is 18.2. The minimum atomic E-state index is -0.202. The molecule has 0 bridgehead atoms. The topological polar surface area (TPSA) is 76.2 Å². The molecule has 0 aliphatic carbocycles. The Morgan fingerprint density at radius 3 is 2.78 bits per heavy atom. The molecule has 5 rings (SSSR count). The molecule has 27 heavy (non-hydrogen) atoms. The Balaban J connectivity index is 1.30. The van der Waals surface area contributed by atoms with Gasteiger partial charge in [0.05, 0.1) is 12.5 Å². The maximum absolute atomic E-state index is 12.7. The van der Waals surface area contributed by atoms with Crippen LogP contribution in [0.4, 0.5) is 5.69 Å². The second-order valence-electron chi connectivity index (χ2n) is 7.42. The van der Waals surface area contributed by atoms with Gasteiger partial charge < -0.3 is 14.3 Å². The van der Waals surface area contributed by atoms with E-state index in [-0.39, 0.29) is 5.91 Å². The van der Waals surface area contributed by atoms with Crippen molar-refractivity contribution in [2.45, 2.75) is 19.5 Å². The molecule has 0 saturated carbocycles. The van der Waals surface area contributed by atoms with Crippen LogP contribution in [0.1, 0.15) is 22.0 Å². The first-order valence-electron chi connectivity index (χ1n) is 9.28. The highest BCUT2D eigenvalue weighted by molar-refractivity contribution is 6.01. The molecule has 3 aromatic rings. The fraction of sp³-hybridized carbons (Fsp3) is 0.350. The molecule has 1 N–H and O–H groups in total. The lowest BCUT2D eigenvalue weighted by atomic mass is 9.89. The lowest BCUT2D eigenvalue weighted by Gasteiger charge is -2.25. The molecule has 7 heteroatoms. The average molecular weight is 363 g/mol. The predicted octanol–water partition coefficient (Wildman–Crippen LogP) is 2.43. The molecule has 1 aromatic carbocycles. The van der Waals surface area contributed by atoms with Gasteiger partial charge in [-0.15, -0.1) is 10.2 Å². The molecule has 1 amide bonds. The number of hydrogen-bond acceptors (Lipinski definition) is 5. The van der Waals surface area contributed by atoms with Gasteiger partial charge in [0.15, 0.2) is 0 Å². The number of hydrogen-bond donors (Lipinski definition) is 1. The van der Waals surface area contributed by atoms with Gasteiger partial charge in [-0.25, -0.2) is 0 Å². The Labute approximate surface area is 157 Å². The molecule has 0 radical (unpaired) electrons. The summed E-state index contributed by atoms with van der Waals surface area (Å²) in [7, 11) is 0. The van der Waals surface area contributed by atoms with Gasteiger partial charge in [-0.05, 0) is 30.0 Å². The number of nitrogens with one attached hydrogen (secondary N) is 1. The van der Waals surface area contributed by atoms with Crippen LogP contribution < -0.4 is 5.32 Å². The highest BCUT2D eigenvalue weighted by atomic mass is 16.3. The molecule has 1 fully saturated rings. The highest BCUT2D eigenvalue weighted by Crippen LogP contribution is 2.33. The third-order valence-corrected chi connectivity index (χ3v) is 5.56. The van der Waals surface area contributed by atoms with Crippen molar-refractivity contribution in [3.63, 3.8) is 0 Å². The van der Waals surface area contributed by atoms with Crippen LogP contribution in [-0.4, -0.2) is 38.7 Å². The summed E-state index contributed by atoms with van der Waals surface area (Å²) in [5, 5.41) is 11.4. The summed E-state index contributed by atoms with van der Waals surface area (Å²) in [6.45, 7) is 3.78. The number of aromatic nitrogens is 3. The molecule has 0 spiro atoms. The lowest BCUT2D eigenvalue weighted by molar-refractivity contribution is 0.100. The number of carbonyl (C=O) groups is 1. The number of carbonyl (C=O) groups excluding carboxylic acids is 1. The molecule has 2 aromatic heterocycles. The van der Waals surface area contributed by atoms with E-state index in [1.54, 1.807) is 6.26 Å². The summed E-state index contributed by atoms with van der Waals surface area (Å²) < 4.78 is 7.18. The minimum absolute atomic E-state index is 0.202. The number of amides is 1. The molecule has 2 aliphatic rings. The van der Waals surface area contributed by atoms with Crippen LogP contribution >= 0.6 is 0 Å². The monoisotopic (exact) mass is 363 g/mol. The molecule has 0 unspecified atom stereocenters. The second-order valence-corrected chi connectivity index (χ2v) is 7.42. The third kappa shape index (κ3) is 3.14. The number of para-hydroxylation sites is 1. The van der Waals surface area contributed by atoms with E-state index < -0.39 is 0 Å². The zero-order valence-corrected chi connectivity index (χ0v) is 14.9. The normalized spacial score (nSPS) is 21.6. The van der Waals surface area contributed by atoms with Gasteiger partial charge in [0.1, 0.15) is 5.82 Å². The van der Waals surface area contributed by atoms with E-state index in [4.69, 9.17) is 4.42 Å². The van der Waals surface area contributed by atoms with Crippen LogP contribution in [0.2, 0.25) is 0 Å². The lowest BCUT2D eigenvalue weighted by Crippen LogP contribution is -2.31. The van der Waals surface area contributed by atoms with Gasteiger partial charge in [-0.1, -0.05) is 18.2 Å². The van der Waals surface area contributed by atoms with Gasteiger partial charge in [-0.2, -0.15) is 0 Å². The van der Waals surface area contributed by atoms with Crippen molar-refractivity contribution >= 4 is 11.6 Å². The third-order valence-electron chi connectivity index (χ3n) is 5.56. The number of fused-ring (bicyclic) bond motifs is 2. The number of likely N-dealkylation sites (tertiary alicyclic amines) is 1. The van der Waals surface area contributed by atoms with E-state index in [0.717, 1.165) is 44.1 Å².